The lowest BCUT2D eigenvalue weighted by Gasteiger charge is -2.40. The van der Waals surface area contributed by atoms with Crippen LogP contribution in [0.4, 0.5) is 14.9 Å². The number of nitrogens with zero attached hydrogens (tertiary/aromatic N) is 2. The first-order valence-corrected chi connectivity index (χ1v) is 14.3. The largest absolute Gasteiger partial charge is 0.335 e. The summed E-state index contributed by atoms with van der Waals surface area (Å²) < 4.78 is 14.4. The first-order chi connectivity index (χ1) is 18.4. The molecule has 3 amide bonds. The lowest BCUT2D eigenvalue weighted by Crippen LogP contribution is -2.54. The van der Waals surface area contributed by atoms with Crippen molar-refractivity contribution in [3.05, 3.63) is 76.5 Å². The van der Waals surface area contributed by atoms with Crippen molar-refractivity contribution in [1.82, 2.24) is 15.1 Å². The van der Waals surface area contributed by atoms with Gasteiger partial charge in [0, 0.05) is 41.4 Å². The first-order valence-electron chi connectivity index (χ1n) is 13.5. The average molecular weight is 580 g/mol. The molecule has 3 aromatic carbocycles. The third-order valence-electron chi connectivity index (χ3n) is 8.35. The van der Waals surface area contributed by atoms with Crippen LogP contribution in [-0.4, -0.2) is 52.5 Å². The Balaban J connectivity index is 1.06. The number of benzene rings is 3. The van der Waals surface area contributed by atoms with Crippen LogP contribution in [0.3, 0.4) is 0 Å². The van der Waals surface area contributed by atoms with E-state index in [-0.39, 0.29) is 23.8 Å². The van der Waals surface area contributed by atoms with Gasteiger partial charge in [-0.1, -0.05) is 40.2 Å². The molecule has 38 heavy (non-hydrogen) atoms. The fourth-order valence-electron chi connectivity index (χ4n) is 6.56. The molecule has 0 aliphatic carbocycles. The van der Waals surface area contributed by atoms with Gasteiger partial charge >= 0.3 is 6.03 Å². The van der Waals surface area contributed by atoms with E-state index in [9.17, 15) is 14.0 Å². The second-order valence-corrected chi connectivity index (χ2v) is 11.8. The molecule has 0 spiro atoms. The third kappa shape index (κ3) is 5.29. The molecule has 3 aromatic rings. The SMILES string of the molecule is O=C(Nc1cccc(Br)c1)[C@@H]1CCCN1C(=O)NC1C[C@H]2CC[C@@H](C1)N2Cc1ccc2cc(F)ccc2c1. The monoisotopic (exact) mass is 578 g/mol. The van der Waals surface area contributed by atoms with Crippen LogP contribution in [0.1, 0.15) is 44.1 Å². The van der Waals surface area contributed by atoms with Gasteiger partial charge in [-0.3, -0.25) is 9.69 Å². The van der Waals surface area contributed by atoms with E-state index in [4.69, 9.17) is 0 Å². The van der Waals surface area contributed by atoms with Crippen LogP contribution in [0, 0.1) is 5.82 Å². The quantitative estimate of drug-likeness (QED) is 0.387. The van der Waals surface area contributed by atoms with Crippen LogP contribution in [0.5, 0.6) is 0 Å². The van der Waals surface area contributed by atoms with Crippen molar-refractivity contribution in [3.63, 3.8) is 0 Å². The van der Waals surface area contributed by atoms with Gasteiger partial charge in [0.1, 0.15) is 11.9 Å². The molecule has 2 N–H and O–H groups in total. The molecular weight excluding hydrogens is 547 g/mol. The summed E-state index contributed by atoms with van der Waals surface area (Å²) >= 11 is 3.43. The van der Waals surface area contributed by atoms with Crippen LogP contribution < -0.4 is 10.6 Å². The molecule has 8 heteroatoms. The Morgan fingerprint density at radius 1 is 0.947 bits per heavy atom. The van der Waals surface area contributed by atoms with E-state index in [2.05, 4.69) is 43.6 Å². The van der Waals surface area contributed by atoms with Crippen LogP contribution in [0.25, 0.3) is 10.8 Å². The van der Waals surface area contributed by atoms with Crippen LogP contribution in [0.2, 0.25) is 0 Å². The van der Waals surface area contributed by atoms with E-state index in [1.54, 1.807) is 11.0 Å². The highest BCUT2D eigenvalue weighted by atomic mass is 79.9. The van der Waals surface area contributed by atoms with Crippen LogP contribution >= 0.6 is 15.9 Å². The highest BCUT2D eigenvalue weighted by Gasteiger charge is 2.42. The molecule has 4 atom stereocenters. The Labute approximate surface area is 230 Å². The Bertz CT molecular complexity index is 1350. The highest BCUT2D eigenvalue weighted by molar-refractivity contribution is 9.10. The molecule has 0 saturated carbocycles. The third-order valence-corrected chi connectivity index (χ3v) is 8.85. The normalized spacial score (nSPS) is 25.1. The number of fused-ring (bicyclic) bond motifs is 3. The van der Waals surface area contributed by atoms with E-state index in [0.29, 0.717) is 25.0 Å². The first kappa shape index (κ1) is 25.3. The number of piperidine rings is 1. The number of rotatable bonds is 5. The van der Waals surface area contributed by atoms with E-state index in [0.717, 1.165) is 59.6 Å². The van der Waals surface area contributed by atoms with Gasteiger partial charge in [-0.05, 0) is 91.3 Å². The van der Waals surface area contributed by atoms with Gasteiger partial charge in [0.05, 0.1) is 0 Å². The number of carbonyl (C=O) groups excluding carboxylic acids is 2. The standard InChI is InChI=1S/C30H32BrFN4O2/c31-22-3-1-4-24(15-22)33-29(37)28-5-2-12-35(28)30(38)34-25-16-26-10-11-27(17-25)36(26)18-19-6-7-21-14-23(32)9-8-20(21)13-19/h1,3-4,6-9,13-15,25-28H,2,5,10-12,16-18H2,(H,33,37)(H,34,38)/t25?,26-,27+,28-/m0/s1. The molecule has 3 saturated heterocycles. The van der Waals surface area contributed by atoms with Crippen molar-refractivity contribution in [2.24, 2.45) is 0 Å². The maximum Gasteiger partial charge on any atom is 0.318 e. The Hall–Kier alpha value is -2.97. The minimum atomic E-state index is -0.452. The molecule has 2 bridgehead atoms. The van der Waals surface area contributed by atoms with E-state index in [1.807, 2.05) is 36.4 Å². The number of hydrogen-bond donors (Lipinski definition) is 2. The molecular formula is C30H32BrFN4O2. The fraction of sp³-hybridized carbons (Fsp3) is 0.400. The van der Waals surface area contributed by atoms with E-state index in [1.165, 1.54) is 11.6 Å². The lowest BCUT2D eigenvalue weighted by molar-refractivity contribution is -0.119. The van der Waals surface area contributed by atoms with Crippen molar-refractivity contribution in [2.45, 2.75) is 69.2 Å². The van der Waals surface area contributed by atoms with E-state index < -0.39 is 6.04 Å². The smallest absolute Gasteiger partial charge is 0.318 e. The maximum atomic E-state index is 13.5. The van der Waals surface area contributed by atoms with Gasteiger partial charge in [0.25, 0.3) is 0 Å². The summed E-state index contributed by atoms with van der Waals surface area (Å²) in [6.45, 7) is 1.47. The Morgan fingerprint density at radius 2 is 1.71 bits per heavy atom. The summed E-state index contributed by atoms with van der Waals surface area (Å²) in [6, 6.07) is 19.1. The van der Waals surface area contributed by atoms with Gasteiger partial charge in [-0.25, -0.2) is 9.18 Å². The summed E-state index contributed by atoms with van der Waals surface area (Å²) in [4.78, 5) is 30.6. The van der Waals surface area contributed by atoms with Gasteiger partial charge in [-0.2, -0.15) is 0 Å². The average Bonchev–Trinajstić information content (AvgIpc) is 3.47. The van der Waals surface area contributed by atoms with Crippen molar-refractivity contribution < 1.29 is 14.0 Å². The number of likely N-dealkylation sites (tertiary alicyclic amines) is 1. The van der Waals surface area contributed by atoms with Gasteiger partial charge < -0.3 is 15.5 Å². The Kier molecular flexibility index (Phi) is 7.10. The van der Waals surface area contributed by atoms with Gasteiger partial charge in [-0.15, -0.1) is 0 Å². The number of urea groups is 1. The molecule has 0 aromatic heterocycles. The zero-order valence-corrected chi connectivity index (χ0v) is 22.8. The molecule has 0 radical (unpaired) electrons. The molecule has 3 aliphatic rings. The summed E-state index contributed by atoms with van der Waals surface area (Å²) in [5.41, 5.74) is 1.96. The van der Waals surface area contributed by atoms with Crippen molar-refractivity contribution in [3.8, 4) is 0 Å². The number of hydrogen-bond acceptors (Lipinski definition) is 3. The lowest BCUT2D eigenvalue weighted by atomic mass is 9.96. The molecule has 198 valence electrons. The molecule has 6 rings (SSSR count). The predicted molar refractivity (Wildman–Crippen MR) is 150 cm³/mol. The van der Waals surface area contributed by atoms with Gasteiger partial charge in [0.2, 0.25) is 5.91 Å². The van der Waals surface area contributed by atoms with Gasteiger partial charge in [0.15, 0.2) is 0 Å². The molecule has 1 unspecified atom stereocenters. The zero-order chi connectivity index (χ0) is 26.2. The number of halogens is 2. The molecule has 6 nitrogen and oxygen atoms in total. The van der Waals surface area contributed by atoms with E-state index >= 15 is 0 Å². The summed E-state index contributed by atoms with van der Waals surface area (Å²) in [5, 5.41) is 8.21. The number of carbonyl (C=O) groups is 2. The number of nitrogens with one attached hydrogen (secondary N) is 2. The number of amides is 3. The zero-order valence-electron chi connectivity index (χ0n) is 21.2. The second kappa shape index (κ2) is 10.7. The Morgan fingerprint density at radius 3 is 2.50 bits per heavy atom. The summed E-state index contributed by atoms with van der Waals surface area (Å²) in [6.07, 6.45) is 5.61. The second-order valence-electron chi connectivity index (χ2n) is 10.9. The fourth-order valence-corrected chi connectivity index (χ4v) is 6.96. The highest BCUT2D eigenvalue weighted by Crippen LogP contribution is 2.37. The molecule has 3 aliphatic heterocycles. The molecule has 3 heterocycles. The number of anilines is 1. The predicted octanol–water partition coefficient (Wildman–Crippen LogP) is 6.05. The van der Waals surface area contributed by atoms with Crippen molar-refractivity contribution in [2.75, 3.05) is 11.9 Å². The van der Waals surface area contributed by atoms with Crippen molar-refractivity contribution >= 4 is 44.3 Å². The summed E-state index contributed by atoms with van der Waals surface area (Å²) in [7, 11) is 0. The van der Waals surface area contributed by atoms with Crippen LogP contribution in [-0.2, 0) is 11.3 Å². The minimum absolute atomic E-state index is 0.116. The minimum Gasteiger partial charge on any atom is -0.335 e. The topological polar surface area (TPSA) is 64.7 Å². The summed E-state index contributed by atoms with van der Waals surface area (Å²) in [5.74, 6) is -0.346. The van der Waals surface area contributed by atoms with Crippen molar-refractivity contribution in [1.29, 1.82) is 0 Å². The van der Waals surface area contributed by atoms with Crippen LogP contribution in [0.15, 0.2) is 65.1 Å². The maximum absolute atomic E-state index is 13.5. The molecule has 3 fully saturated rings.